The average Bonchev–Trinajstić information content (AvgIpc) is 2.31. The normalized spacial score (nSPS) is 10.4. The van der Waals surface area contributed by atoms with Gasteiger partial charge >= 0.3 is 5.97 Å². The van der Waals surface area contributed by atoms with E-state index in [1.54, 1.807) is 12.1 Å². The largest absolute Gasteiger partial charge is 0.478 e. The Hall–Kier alpha value is -1.80. The third-order valence-electron chi connectivity index (χ3n) is 2.83. The standard InChI is InChI=1S/C15H13ClO2/c1-9-5-12(7-13(6-9)15(17)18)11-4-3-10(2)14(16)8-11/h3-8H,1-2H3,(H,17,18). The minimum Gasteiger partial charge on any atom is -0.478 e. The van der Waals surface area contributed by atoms with Crippen LogP contribution in [0.15, 0.2) is 36.4 Å². The number of carboxylic acids is 1. The summed E-state index contributed by atoms with van der Waals surface area (Å²) in [6, 6.07) is 11.0. The van der Waals surface area contributed by atoms with E-state index in [0.29, 0.717) is 10.6 Å². The molecule has 3 heteroatoms. The molecule has 0 saturated heterocycles. The van der Waals surface area contributed by atoms with Crippen molar-refractivity contribution in [2.45, 2.75) is 13.8 Å². The second-order valence-electron chi connectivity index (χ2n) is 4.36. The third kappa shape index (κ3) is 2.54. The molecule has 0 aliphatic carbocycles. The lowest BCUT2D eigenvalue weighted by Gasteiger charge is -2.07. The van der Waals surface area contributed by atoms with Gasteiger partial charge in [-0.15, -0.1) is 0 Å². The summed E-state index contributed by atoms with van der Waals surface area (Å²) < 4.78 is 0. The smallest absolute Gasteiger partial charge is 0.335 e. The Bertz CT molecular complexity index is 618. The molecule has 1 N–H and O–H groups in total. The zero-order chi connectivity index (χ0) is 13.3. The molecular formula is C15H13ClO2. The fourth-order valence-corrected chi connectivity index (χ4v) is 2.03. The molecule has 0 fully saturated rings. The van der Waals surface area contributed by atoms with E-state index in [1.165, 1.54) is 0 Å². The summed E-state index contributed by atoms with van der Waals surface area (Å²) in [5.41, 5.74) is 4.01. The molecule has 2 rings (SSSR count). The highest BCUT2D eigenvalue weighted by Crippen LogP contribution is 2.27. The maximum atomic E-state index is 11.0. The van der Waals surface area contributed by atoms with E-state index in [2.05, 4.69) is 0 Å². The van der Waals surface area contributed by atoms with Crippen molar-refractivity contribution in [2.24, 2.45) is 0 Å². The van der Waals surface area contributed by atoms with Crippen LogP contribution in [0, 0.1) is 13.8 Å². The molecule has 18 heavy (non-hydrogen) atoms. The van der Waals surface area contributed by atoms with Gasteiger partial charge in [0.15, 0.2) is 0 Å². The number of carboxylic acid groups (broad SMARTS) is 1. The van der Waals surface area contributed by atoms with Crippen molar-refractivity contribution in [3.63, 3.8) is 0 Å². The minimum atomic E-state index is -0.918. The van der Waals surface area contributed by atoms with E-state index in [-0.39, 0.29) is 0 Å². The van der Waals surface area contributed by atoms with E-state index in [1.807, 2.05) is 38.1 Å². The molecule has 0 heterocycles. The first-order chi connectivity index (χ1) is 8.47. The van der Waals surface area contributed by atoms with Crippen LogP contribution < -0.4 is 0 Å². The van der Waals surface area contributed by atoms with Crippen molar-refractivity contribution in [1.29, 1.82) is 0 Å². The predicted octanol–water partition coefficient (Wildman–Crippen LogP) is 4.32. The molecule has 0 spiro atoms. The van der Waals surface area contributed by atoms with Gasteiger partial charge in [0, 0.05) is 5.02 Å². The van der Waals surface area contributed by atoms with Crippen molar-refractivity contribution in [2.75, 3.05) is 0 Å². The second-order valence-corrected chi connectivity index (χ2v) is 4.76. The third-order valence-corrected chi connectivity index (χ3v) is 3.24. The number of hydrogen-bond acceptors (Lipinski definition) is 1. The molecule has 0 radical (unpaired) electrons. The zero-order valence-corrected chi connectivity index (χ0v) is 11.0. The van der Waals surface area contributed by atoms with Gasteiger partial charge in [0.2, 0.25) is 0 Å². The van der Waals surface area contributed by atoms with Crippen molar-refractivity contribution < 1.29 is 9.90 Å². The number of hydrogen-bond donors (Lipinski definition) is 1. The van der Waals surface area contributed by atoms with E-state index in [0.717, 1.165) is 22.3 Å². The van der Waals surface area contributed by atoms with E-state index < -0.39 is 5.97 Å². The molecule has 2 aromatic rings. The Morgan fingerprint density at radius 2 is 1.78 bits per heavy atom. The van der Waals surface area contributed by atoms with Crippen LogP contribution in [0.3, 0.4) is 0 Å². The van der Waals surface area contributed by atoms with Gasteiger partial charge in [-0.3, -0.25) is 0 Å². The van der Waals surface area contributed by atoms with Crippen LogP contribution in [0.1, 0.15) is 21.5 Å². The lowest BCUT2D eigenvalue weighted by Crippen LogP contribution is -1.97. The quantitative estimate of drug-likeness (QED) is 0.873. The fraction of sp³-hybridized carbons (Fsp3) is 0.133. The van der Waals surface area contributed by atoms with Gasteiger partial charge in [-0.2, -0.15) is 0 Å². The van der Waals surface area contributed by atoms with Crippen LogP contribution in [0.5, 0.6) is 0 Å². The van der Waals surface area contributed by atoms with Crippen molar-refractivity contribution in [1.82, 2.24) is 0 Å². The monoisotopic (exact) mass is 260 g/mol. The van der Waals surface area contributed by atoms with Crippen LogP contribution in [0.4, 0.5) is 0 Å². The van der Waals surface area contributed by atoms with Crippen molar-refractivity contribution in [3.05, 3.63) is 58.1 Å². The van der Waals surface area contributed by atoms with Gasteiger partial charge < -0.3 is 5.11 Å². The summed E-state index contributed by atoms with van der Waals surface area (Å²) in [7, 11) is 0. The second kappa shape index (κ2) is 4.83. The molecule has 0 bridgehead atoms. The number of halogens is 1. The summed E-state index contributed by atoms with van der Waals surface area (Å²) in [4.78, 5) is 11.0. The maximum Gasteiger partial charge on any atom is 0.335 e. The Balaban J connectivity index is 2.56. The van der Waals surface area contributed by atoms with Gasteiger partial charge in [-0.05, 0) is 54.3 Å². The van der Waals surface area contributed by atoms with Gasteiger partial charge in [-0.25, -0.2) is 4.79 Å². The molecule has 2 aromatic carbocycles. The SMILES string of the molecule is Cc1cc(C(=O)O)cc(-c2ccc(C)c(Cl)c2)c1. The molecule has 0 amide bonds. The van der Waals surface area contributed by atoms with E-state index >= 15 is 0 Å². The summed E-state index contributed by atoms with van der Waals surface area (Å²) in [6.07, 6.45) is 0. The van der Waals surface area contributed by atoms with E-state index in [4.69, 9.17) is 16.7 Å². The molecule has 0 aromatic heterocycles. The molecule has 0 atom stereocenters. The van der Waals surface area contributed by atoms with Gasteiger partial charge in [0.25, 0.3) is 0 Å². The van der Waals surface area contributed by atoms with E-state index in [9.17, 15) is 4.79 Å². The first kappa shape index (κ1) is 12.7. The van der Waals surface area contributed by atoms with Crippen molar-refractivity contribution >= 4 is 17.6 Å². The highest BCUT2D eigenvalue weighted by atomic mass is 35.5. The topological polar surface area (TPSA) is 37.3 Å². The van der Waals surface area contributed by atoms with Crippen LogP contribution in [-0.2, 0) is 0 Å². The number of aromatic carboxylic acids is 1. The zero-order valence-electron chi connectivity index (χ0n) is 10.2. The Morgan fingerprint density at radius 1 is 1.06 bits per heavy atom. The fourth-order valence-electron chi connectivity index (χ4n) is 1.85. The molecule has 0 unspecified atom stereocenters. The maximum absolute atomic E-state index is 11.0. The molecule has 2 nitrogen and oxygen atoms in total. The first-order valence-electron chi connectivity index (χ1n) is 5.59. The highest BCUT2D eigenvalue weighted by molar-refractivity contribution is 6.31. The molecule has 0 saturated carbocycles. The van der Waals surface area contributed by atoms with Crippen LogP contribution in [0.25, 0.3) is 11.1 Å². The lowest BCUT2D eigenvalue weighted by molar-refractivity contribution is 0.0697. The Kier molecular flexibility index (Phi) is 3.39. The van der Waals surface area contributed by atoms with Crippen molar-refractivity contribution in [3.8, 4) is 11.1 Å². The van der Waals surface area contributed by atoms with Crippen LogP contribution in [-0.4, -0.2) is 11.1 Å². The molecule has 0 aliphatic heterocycles. The number of rotatable bonds is 2. The average molecular weight is 261 g/mol. The summed E-state index contributed by atoms with van der Waals surface area (Å²) >= 11 is 6.09. The van der Waals surface area contributed by atoms with Crippen LogP contribution in [0.2, 0.25) is 5.02 Å². The summed E-state index contributed by atoms with van der Waals surface area (Å²) in [5, 5.41) is 9.74. The number of carbonyl (C=O) groups is 1. The van der Waals surface area contributed by atoms with Crippen LogP contribution >= 0.6 is 11.6 Å². The minimum absolute atomic E-state index is 0.293. The van der Waals surface area contributed by atoms with Gasteiger partial charge in [0.05, 0.1) is 5.56 Å². The predicted molar refractivity (Wildman–Crippen MR) is 73.3 cm³/mol. The first-order valence-corrected chi connectivity index (χ1v) is 5.96. The highest BCUT2D eigenvalue weighted by Gasteiger charge is 2.07. The Labute approximate surface area is 111 Å². The molecule has 92 valence electrons. The molecular weight excluding hydrogens is 248 g/mol. The van der Waals surface area contributed by atoms with Gasteiger partial charge in [0.1, 0.15) is 0 Å². The lowest BCUT2D eigenvalue weighted by atomic mass is 9.99. The molecule has 0 aliphatic rings. The number of benzene rings is 2. The Morgan fingerprint density at radius 3 is 2.39 bits per heavy atom. The summed E-state index contributed by atoms with van der Waals surface area (Å²) in [6.45, 7) is 3.82. The summed E-state index contributed by atoms with van der Waals surface area (Å²) in [5.74, 6) is -0.918. The number of aryl methyl sites for hydroxylation is 2. The van der Waals surface area contributed by atoms with Gasteiger partial charge in [-0.1, -0.05) is 29.8 Å².